The number of nitrogens with zero attached hydrogens (tertiary/aromatic N) is 2. The van der Waals surface area contributed by atoms with Crippen molar-refractivity contribution in [2.75, 3.05) is 24.3 Å². The molecule has 3 heterocycles. The Morgan fingerprint density at radius 3 is 2.53 bits per heavy atom. The van der Waals surface area contributed by atoms with Crippen molar-refractivity contribution in [2.45, 2.75) is 57.3 Å². The van der Waals surface area contributed by atoms with E-state index in [0.29, 0.717) is 49.4 Å². The lowest BCUT2D eigenvalue weighted by atomic mass is 10.00. The highest BCUT2D eigenvalue weighted by Gasteiger charge is 2.32. The number of nitrogens with one attached hydrogen (secondary N) is 3. The van der Waals surface area contributed by atoms with Gasteiger partial charge in [0.05, 0.1) is 37.3 Å². The minimum Gasteiger partial charge on any atom is -0.542 e. The van der Waals surface area contributed by atoms with Gasteiger partial charge in [0.1, 0.15) is 11.8 Å². The molecule has 0 saturated heterocycles. The summed E-state index contributed by atoms with van der Waals surface area (Å²) in [6.07, 6.45) is 0.148. The molecule has 240 valence electrons. The first-order chi connectivity index (χ1) is 21.4. The molecule has 1 atom stereocenters. The topological polar surface area (TPSA) is 184 Å². The molecule has 3 amide bonds. The number of halogens is 3. The number of anilines is 2. The van der Waals surface area contributed by atoms with Gasteiger partial charge in [-0.3, -0.25) is 14.9 Å². The molecule has 2 aliphatic heterocycles. The third-order valence-corrected chi connectivity index (χ3v) is 7.46. The van der Waals surface area contributed by atoms with E-state index in [0.717, 1.165) is 47.3 Å². The molecular formula is C30H33F3N6O6. The predicted octanol–water partition coefficient (Wildman–Crippen LogP) is 2.94. The molecule has 0 spiro atoms. The Morgan fingerprint density at radius 2 is 1.84 bits per heavy atom. The normalized spacial score (nSPS) is 16.7. The molecule has 6 N–H and O–H groups in total. The fourth-order valence-electron chi connectivity index (χ4n) is 5.26. The fraction of sp³-hybridized carbons (Fsp3) is 0.367. The summed E-state index contributed by atoms with van der Waals surface area (Å²) in [7, 11) is 1.29. The summed E-state index contributed by atoms with van der Waals surface area (Å²) >= 11 is 0. The van der Waals surface area contributed by atoms with Gasteiger partial charge < -0.3 is 35.6 Å². The van der Waals surface area contributed by atoms with E-state index in [1.807, 2.05) is 23.1 Å². The van der Waals surface area contributed by atoms with Gasteiger partial charge in [0, 0.05) is 35.3 Å². The van der Waals surface area contributed by atoms with Gasteiger partial charge in [0.15, 0.2) is 0 Å². The lowest BCUT2D eigenvalue weighted by molar-refractivity contribution is -0.386. The number of methoxy groups -OCH3 is 1. The van der Waals surface area contributed by atoms with Crippen LogP contribution in [0.2, 0.25) is 0 Å². The standard InChI is InChI=1S/C28H32N6O4.C2HF3O2/c1-38-28(37)31-19-9-11-21-22(14-19)32-25(35)7-3-2-6-24(26-30-16-23(21)33-26)34-12-4-5-18-13-17(15-29)8-10-20(18)27(34)36;3-2(4,5)1(6)7/h8-11,13-14,16,24H,2-7,12,15,29H2,1H3,(H,30,33)(H,31,37)(H,32,35);(H,6,7)/t24-;/m0./s1. The van der Waals surface area contributed by atoms with E-state index in [1.54, 1.807) is 18.3 Å². The number of alkyl halides is 3. The summed E-state index contributed by atoms with van der Waals surface area (Å²) in [5, 5.41) is 14.4. The molecule has 3 aromatic rings. The zero-order valence-corrected chi connectivity index (χ0v) is 24.5. The third kappa shape index (κ3) is 8.17. The molecule has 5 rings (SSSR count). The molecule has 2 bridgehead atoms. The number of carbonyl (C=O) groups excluding carboxylic acids is 4. The van der Waals surface area contributed by atoms with Crippen LogP contribution < -0.4 is 21.5 Å². The number of aromatic amines is 1. The Kier molecular flexibility index (Phi) is 10.4. The highest BCUT2D eigenvalue weighted by Crippen LogP contribution is 2.35. The van der Waals surface area contributed by atoms with E-state index in [-0.39, 0.29) is 17.9 Å². The first-order valence-electron chi connectivity index (χ1n) is 14.3. The van der Waals surface area contributed by atoms with Crippen LogP contribution in [0.15, 0.2) is 42.6 Å². The lowest BCUT2D eigenvalue weighted by Crippen LogP contribution is -2.47. The second-order valence-corrected chi connectivity index (χ2v) is 10.5. The third-order valence-electron chi connectivity index (χ3n) is 7.46. The number of benzene rings is 2. The van der Waals surface area contributed by atoms with Gasteiger partial charge >= 0.3 is 12.3 Å². The molecule has 45 heavy (non-hydrogen) atoms. The molecule has 0 aliphatic carbocycles. The maximum Gasteiger partial charge on any atom is 0.430 e. The Bertz CT molecular complexity index is 1570. The van der Waals surface area contributed by atoms with E-state index in [1.165, 1.54) is 7.11 Å². The van der Waals surface area contributed by atoms with Gasteiger partial charge in [-0.25, -0.2) is 9.78 Å². The van der Waals surface area contributed by atoms with Gasteiger partial charge in [-0.15, -0.1) is 0 Å². The smallest absolute Gasteiger partial charge is 0.430 e. The largest absolute Gasteiger partial charge is 0.542 e. The number of quaternary nitrogens is 1. The second kappa shape index (κ2) is 14.2. The molecule has 0 unspecified atom stereocenters. The van der Waals surface area contributed by atoms with Crippen molar-refractivity contribution in [1.29, 1.82) is 0 Å². The maximum atomic E-state index is 13.8. The molecule has 0 saturated carbocycles. The van der Waals surface area contributed by atoms with Crippen molar-refractivity contribution in [3.63, 3.8) is 0 Å². The Hall–Kier alpha value is -4.92. The molecule has 12 nitrogen and oxygen atoms in total. The first-order valence-corrected chi connectivity index (χ1v) is 14.3. The predicted molar refractivity (Wildman–Crippen MR) is 153 cm³/mol. The van der Waals surface area contributed by atoms with Crippen LogP contribution in [-0.4, -0.2) is 58.6 Å². The van der Waals surface area contributed by atoms with Crippen LogP contribution in [-0.2, 0) is 27.3 Å². The number of rotatable bonds is 3. The number of hydrogen-bond donors (Lipinski definition) is 4. The minimum atomic E-state index is -5.19. The number of ether oxygens (including phenoxy) is 1. The van der Waals surface area contributed by atoms with Gasteiger partial charge in [0.2, 0.25) is 5.91 Å². The molecule has 2 aromatic carbocycles. The number of fused-ring (bicyclic) bond motifs is 5. The van der Waals surface area contributed by atoms with Gasteiger partial charge in [-0.2, -0.15) is 13.2 Å². The van der Waals surface area contributed by atoms with Crippen molar-refractivity contribution >= 4 is 35.3 Å². The van der Waals surface area contributed by atoms with E-state index in [2.05, 4.69) is 32.2 Å². The first kappa shape index (κ1) is 33.0. The van der Waals surface area contributed by atoms with E-state index in [9.17, 15) is 27.6 Å². The van der Waals surface area contributed by atoms with Crippen molar-refractivity contribution in [3.05, 3.63) is 65.1 Å². The minimum absolute atomic E-state index is 0.0137. The summed E-state index contributed by atoms with van der Waals surface area (Å²) in [4.78, 5) is 57.1. The molecule has 2 aliphatic rings. The van der Waals surface area contributed by atoms with Crippen LogP contribution in [0, 0.1) is 0 Å². The summed E-state index contributed by atoms with van der Waals surface area (Å²) in [5.41, 5.74) is 9.43. The van der Waals surface area contributed by atoms with Crippen LogP contribution in [0.3, 0.4) is 0 Å². The van der Waals surface area contributed by atoms with E-state index < -0.39 is 18.2 Å². The Balaban J connectivity index is 0.000000591. The second-order valence-electron chi connectivity index (χ2n) is 10.5. The SMILES string of the molecule is COC(=O)Nc1ccc2c(c1)NC(=O)CCCC[C@H](N1CCCc3cc(C[NH3+])ccc3C1=O)c1ncc-2[nH]1.O=C([O-])C(F)(F)F. The molecule has 1 aromatic heterocycles. The molecular weight excluding hydrogens is 597 g/mol. The zero-order chi connectivity index (χ0) is 32.7. The fourth-order valence-corrected chi connectivity index (χ4v) is 5.26. The number of carboxylic acid groups (broad SMARTS) is 1. The Morgan fingerprint density at radius 1 is 1.11 bits per heavy atom. The van der Waals surface area contributed by atoms with Crippen molar-refractivity contribution in [1.82, 2.24) is 14.9 Å². The summed E-state index contributed by atoms with van der Waals surface area (Å²) in [6, 6.07) is 11.0. The van der Waals surface area contributed by atoms with Crippen LogP contribution in [0.25, 0.3) is 11.3 Å². The number of aryl methyl sites for hydroxylation is 1. The molecule has 15 heteroatoms. The van der Waals surface area contributed by atoms with Crippen LogP contribution in [0.4, 0.5) is 29.3 Å². The summed E-state index contributed by atoms with van der Waals surface area (Å²) in [5.74, 6) is -2.38. The summed E-state index contributed by atoms with van der Waals surface area (Å²) < 4.78 is 36.2. The highest BCUT2D eigenvalue weighted by atomic mass is 19.4. The van der Waals surface area contributed by atoms with Crippen LogP contribution in [0.1, 0.15) is 65.5 Å². The van der Waals surface area contributed by atoms with E-state index >= 15 is 0 Å². The lowest BCUT2D eigenvalue weighted by Gasteiger charge is -2.30. The number of aromatic nitrogens is 2. The van der Waals surface area contributed by atoms with Crippen molar-refractivity contribution < 1.29 is 47.9 Å². The van der Waals surface area contributed by atoms with Gasteiger partial charge in [0.25, 0.3) is 5.91 Å². The van der Waals surface area contributed by atoms with Gasteiger partial charge in [-0.05, 0) is 61.6 Å². The Labute approximate surface area is 256 Å². The number of carbonyl (C=O) groups is 4. The number of hydrogen-bond acceptors (Lipinski definition) is 7. The summed E-state index contributed by atoms with van der Waals surface area (Å²) in [6.45, 7) is 1.33. The van der Waals surface area contributed by atoms with Crippen molar-refractivity contribution in [3.8, 4) is 11.3 Å². The molecule has 0 radical (unpaired) electrons. The highest BCUT2D eigenvalue weighted by molar-refractivity contribution is 5.98. The number of carboxylic acids is 1. The van der Waals surface area contributed by atoms with Crippen LogP contribution in [0.5, 0.6) is 0 Å². The van der Waals surface area contributed by atoms with E-state index in [4.69, 9.17) is 14.9 Å². The van der Waals surface area contributed by atoms with Gasteiger partial charge in [-0.1, -0.05) is 12.5 Å². The average Bonchev–Trinajstić information content (AvgIpc) is 3.42. The number of H-pyrrole nitrogens is 1. The quantitative estimate of drug-likeness (QED) is 0.343. The number of aliphatic carboxylic acids is 1. The maximum absolute atomic E-state index is 13.8. The average molecular weight is 631 g/mol. The number of amides is 3. The zero-order valence-electron chi connectivity index (χ0n) is 24.5. The van der Waals surface area contributed by atoms with Crippen LogP contribution >= 0.6 is 0 Å². The number of imidazole rings is 1. The monoisotopic (exact) mass is 630 g/mol. The molecule has 0 fully saturated rings. The van der Waals surface area contributed by atoms with Crippen molar-refractivity contribution in [2.24, 2.45) is 0 Å².